The van der Waals surface area contributed by atoms with Gasteiger partial charge >= 0.3 is 21.7 Å². The summed E-state index contributed by atoms with van der Waals surface area (Å²) in [6, 6.07) is 29.8. The normalized spacial score (nSPS) is 11.2. The summed E-state index contributed by atoms with van der Waals surface area (Å²) < 4.78 is 0. The molecule has 4 aromatic carbocycles. The minimum absolute atomic E-state index is 0. The molecule has 0 spiro atoms. The fourth-order valence-corrected chi connectivity index (χ4v) is 16.0. The average molecular weight is 1010 g/mol. The second-order valence-electron chi connectivity index (χ2n) is 19.9. The van der Waals surface area contributed by atoms with Gasteiger partial charge in [-0.3, -0.25) is 0 Å². The van der Waals surface area contributed by atoms with E-state index >= 15 is 0 Å². The predicted molar refractivity (Wildman–Crippen MR) is 282 cm³/mol. The molecule has 5 heteroatoms. The predicted octanol–water partition coefficient (Wildman–Crippen LogP) is 7.15. The number of unbranched alkanes of at least 4 members (excludes halogenated alkanes) is 18. The van der Waals surface area contributed by atoms with Crippen LogP contribution in [0.25, 0.3) is 0 Å². The first-order chi connectivity index (χ1) is 30.3. The molecule has 368 valence electrons. The van der Waals surface area contributed by atoms with Crippen molar-refractivity contribution in [2.45, 2.75) is 248 Å². The van der Waals surface area contributed by atoms with Crippen LogP contribution in [0.2, 0.25) is 0 Å². The molecule has 4 rings (SSSR count). The van der Waals surface area contributed by atoms with Crippen molar-refractivity contribution in [2.75, 3.05) is 0 Å². The number of hydrogen-bond acceptors (Lipinski definition) is 0. The summed E-state index contributed by atoms with van der Waals surface area (Å²) in [6.45, 7) is 18.9. The third-order valence-corrected chi connectivity index (χ3v) is 18.8. The molecule has 0 bridgehead atoms. The van der Waals surface area contributed by atoms with Crippen LogP contribution < -0.4 is 58.0 Å². The molecule has 0 aliphatic rings. The van der Waals surface area contributed by atoms with Gasteiger partial charge in [-0.15, -0.1) is 5.19 Å². The quantitative estimate of drug-likeness (QED) is 0.0202. The van der Waals surface area contributed by atoms with Crippen LogP contribution in [0.1, 0.15) is 240 Å². The SMILES string of the molecule is CCCCCCc1cc(CCCCCC)cc([Si](c2cc(CCCCCC)cc(CCCCCC)c2)(c2cc(CCCCCC)cc(CCCCCC)c2)[c-]2cc(C)cc2C)c1.[Cl-].[Cl-].[Cl-].[Ti+4]. The summed E-state index contributed by atoms with van der Waals surface area (Å²) in [5.74, 6) is 0. The van der Waals surface area contributed by atoms with E-state index in [1.54, 1.807) is 54.1 Å². The minimum Gasteiger partial charge on any atom is -1.00 e. The maximum atomic E-state index is 2.78. The van der Waals surface area contributed by atoms with E-state index in [-0.39, 0.29) is 58.9 Å². The van der Waals surface area contributed by atoms with E-state index in [4.69, 9.17) is 0 Å². The molecule has 0 aliphatic carbocycles. The van der Waals surface area contributed by atoms with Gasteiger partial charge in [0, 0.05) is 0 Å². The summed E-state index contributed by atoms with van der Waals surface area (Å²) >= 11 is 0. The first-order valence-corrected chi connectivity index (χ1v) is 29.0. The van der Waals surface area contributed by atoms with Crippen molar-refractivity contribution >= 4 is 28.8 Å². The molecule has 0 unspecified atom stereocenters. The number of aryl methyl sites for hydroxylation is 8. The summed E-state index contributed by atoms with van der Waals surface area (Å²) in [5, 5.41) is 6.62. The molecule has 0 atom stereocenters. The third-order valence-electron chi connectivity index (χ3n) is 14.0. The molecular formula is C61H95Cl3SiTi. The minimum atomic E-state index is -2.84. The second kappa shape index (κ2) is 37.6. The maximum Gasteiger partial charge on any atom is 4.00 e. The van der Waals surface area contributed by atoms with Gasteiger partial charge in [-0.2, -0.15) is 11.6 Å². The molecular weight excluding hydrogens is 915 g/mol. The third kappa shape index (κ3) is 21.0. The smallest absolute Gasteiger partial charge is 1.00 e. The van der Waals surface area contributed by atoms with Crippen molar-refractivity contribution in [3.63, 3.8) is 0 Å². The van der Waals surface area contributed by atoms with Crippen LogP contribution in [0.4, 0.5) is 0 Å². The Labute approximate surface area is 443 Å². The fourth-order valence-electron chi connectivity index (χ4n) is 10.5. The van der Waals surface area contributed by atoms with Crippen LogP contribution >= 0.6 is 0 Å². The molecule has 0 aliphatic heterocycles. The van der Waals surface area contributed by atoms with Gasteiger partial charge in [0.25, 0.3) is 0 Å². The fraction of sp³-hybridized carbons (Fsp3) is 0.623. The van der Waals surface area contributed by atoms with Crippen molar-refractivity contribution in [2.24, 2.45) is 0 Å². The van der Waals surface area contributed by atoms with Crippen LogP contribution in [0.5, 0.6) is 0 Å². The Morgan fingerprint density at radius 2 is 0.545 bits per heavy atom. The van der Waals surface area contributed by atoms with Crippen LogP contribution in [0.15, 0.2) is 66.7 Å². The van der Waals surface area contributed by atoms with Gasteiger partial charge < -0.3 is 37.2 Å². The molecule has 0 N–H and O–H groups in total. The first kappa shape index (κ1) is 64.8. The molecule has 0 heterocycles. The van der Waals surface area contributed by atoms with Gasteiger partial charge in [0.05, 0.1) is 0 Å². The van der Waals surface area contributed by atoms with Crippen LogP contribution in [-0.4, -0.2) is 8.07 Å². The molecule has 0 radical (unpaired) electrons. The number of rotatable bonds is 34. The monoisotopic (exact) mass is 1010 g/mol. The average Bonchev–Trinajstić information content (AvgIpc) is 3.61. The maximum absolute atomic E-state index is 2.84. The largest absolute Gasteiger partial charge is 4.00 e. The molecule has 0 nitrogen and oxygen atoms in total. The van der Waals surface area contributed by atoms with Gasteiger partial charge in [0.1, 0.15) is 8.07 Å². The van der Waals surface area contributed by atoms with Gasteiger partial charge in [-0.1, -0.05) is 241 Å². The van der Waals surface area contributed by atoms with Crippen molar-refractivity contribution < 1.29 is 58.9 Å². The first-order valence-electron chi connectivity index (χ1n) is 27.0. The van der Waals surface area contributed by atoms with Crippen LogP contribution in [-0.2, 0) is 60.2 Å². The molecule has 4 aromatic rings. The van der Waals surface area contributed by atoms with Gasteiger partial charge in [-0.05, 0) is 110 Å². The summed E-state index contributed by atoms with van der Waals surface area (Å²) in [5.41, 5.74) is 12.5. The summed E-state index contributed by atoms with van der Waals surface area (Å²) in [4.78, 5) is 0. The zero-order valence-electron chi connectivity index (χ0n) is 43.7. The molecule has 0 aromatic heterocycles. The summed E-state index contributed by atoms with van der Waals surface area (Å²) in [7, 11) is -2.84. The number of halogens is 3. The molecule has 0 saturated heterocycles. The van der Waals surface area contributed by atoms with Crippen LogP contribution in [0.3, 0.4) is 0 Å². The van der Waals surface area contributed by atoms with E-state index in [1.165, 1.54) is 204 Å². The Balaban J connectivity index is 0.0000106. The molecule has 0 fully saturated rings. The van der Waals surface area contributed by atoms with E-state index in [9.17, 15) is 0 Å². The van der Waals surface area contributed by atoms with E-state index in [2.05, 4.69) is 122 Å². The van der Waals surface area contributed by atoms with Crippen LogP contribution in [0, 0.1) is 13.8 Å². The molecule has 0 saturated carbocycles. The second-order valence-corrected chi connectivity index (χ2v) is 23.6. The Bertz CT molecular complexity index is 1560. The zero-order valence-corrected chi connectivity index (χ0v) is 48.5. The van der Waals surface area contributed by atoms with E-state index in [0.717, 1.165) is 0 Å². The van der Waals surface area contributed by atoms with Crippen molar-refractivity contribution in [3.8, 4) is 0 Å². The topological polar surface area (TPSA) is 0 Å². The van der Waals surface area contributed by atoms with Crippen molar-refractivity contribution in [1.82, 2.24) is 0 Å². The Morgan fingerprint density at radius 3 is 0.727 bits per heavy atom. The Hall–Kier alpha value is -1.19. The number of benzene rings is 3. The Morgan fingerprint density at radius 1 is 0.318 bits per heavy atom. The molecule has 0 amide bonds. The van der Waals surface area contributed by atoms with E-state index in [1.807, 2.05) is 0 Å². The van der Waals surface area contributed by atoms with Crippen molar-refractivity contribution in [1.29, 1.82) is 0 Å². The van der Waals surface area contributed by atoms with Crippen molar-refractivity contribution in [3.05, 3.63) is 111 Å². The van der Waals surface area contributed by atoms with Gasteiger partial charge in [0.15, 0.2) is 0 Å². The van der Waals surface area contributed by atoms with E-state index < -0.39 is 8.07 Å². The molecule has 66 heavy (non-hydrogen) atoms. The standard InChI is InChI=1S/C61H95Si.3ClH.Ti/c1-9-15-21-27-33-52-41-53(34-28-22-16-10-2)45-58(44-52)62(61-40-50(7)39-51(61)8,59-46-54(35-29-23-17-11-3)42-55(47-59)36-30-24-18-12-4)60-48-56(37-31-25-19-13-5)43-57(49-60)38-32-26-20-14-6;;;;/h39-49H,9-38H2,1-8H3;3*1H;/q-1;;;;+4/p-3. The van der Waals surface area contributed by atoms with Gasteiger partial charge in [-0.25, -0.2) is 11.6 Å². The van der Waals surface area contributed by atoms with Gasteiger partial charge in [0.2, 0.25) is 0 Å². The summed E-state index contributed by atoms with van der Waals surface area (Å²) in [6.07, 6.45) is 38.7. The Kier molecular flexibility index (Phi) is 36.9. The van der Waals surface area contributed by atoms with E-state index in [0.29, 0.717) is 0 Å². The zero-order chi connectivity index (χ0) is 44.4. The number of hydrogen-bond donors (Lipinski definition) is 0.